The van der Waals surface area contributed by atoms with E-state index in [0.717, 1.165) is 28.7 Å². The van der Waals surface area contributed by atoms with Crippen molar-refractivity contribution in [1.82, 2.24) is 0 Å². The molecule has 1 unspecified atom stereocenters. The van der Waals surface area contributed by atoms with Crippen LogP contribution in [0.15, 0.2) is 133 Å². The molecule has 0 saturated heterocycles. The molecule has 0 amide bonds. The van der Waals surface area contributed by atoms with Crippen LogP contribution in [0.1, 0.15) is 69.7 Å². The fourth-order valence-corrected chi connectivity index (χ4v) is 11.0. The maximum absolute atomic E-state index is 11.6. The first kappa shape index (κ1) is 36.3. The van der Waals surface area contributed by atoms with Crippen LogP contribution in [0, 0.1) is 5.92 Å². The summed E-state index contributed by atoms with van der Waals surface area (Å²) in [6, 6.07) is 50.8. The van der Waals surface area contributed by atoms with Crippen molar-refractivity contribution in [2.45, 2.75) is 64.7 Å². The molecule has 0 fully saturated rings. The van der Waals surface area contributed by atoms with Crippen molar-refractivity contribution in [3.8, 4) is 33.4 Å². The van der Waals surface area contributed by atoms with E-state index < -0.39 is 5.41 Å². The van der Waals surface area contributed by atoms with Crippen molar-refractivity contribution in [3.05, 3.63) is 156 Å². The van der Waals surface area contributed by atoms with Gasteiger partial charge in [0.2, 0.25) is 0 Å². The maximum Gasteiger partial charge on any atom is 0.0569 e. The van der Waals surface area contributed by atoms with Crippen LogP contribution in [0.2, 0.25) is 0 Å². The summed E-state index contributed by atoms with van der Waals surface area (Å²) in [6.45, 7) is 11.5. The van der Waals surface area contributed by atoms with Gasteiger partial charge in [-0.15, -0.1) is 0 Å². The number of rotatable bonds is 8. The Kier molecular flexibility index (Phi) is 8.06. The first-order valence-corrected chi connectivity index (χ1v) is 21.5. The molecule has 0 radical (unpaired) electrons. The van der Waals surface area contributed by atoms with Crippen LogP contribution in [0.3, 0.4) is 0 Å². The minimum Gasteiger partial charge on any atom is -0.396 e. The molecule has 2 nitrogen and oxygen atoms in total. The van der Waals surface area contributed by atoms with Gasteiger partial charge in [0.05, 0.1) is 6.61 Å². The maximum atomic E-state index is 11.6. The van der Waals surface area contributed by atoms with E-state index >= 15 is 0 Å². The zero-order valence-electron chi connectivity index (χ0n) is 34.7. The Hall–Kier alpha value is -5.80. The van der Waals surface area contributed by atoms with Crippen molar-refractivity contribution in [2.75, 3.05) is 13.2 Å². The smallest absolute Gasteiger partial charge is 0.0569 e. The Labute approximate surface area is 346 Å². The molecule has 2 heteroatoms. The lowest BCUT2D eigenvalue weighted by molar-refractivity contribution is 0.197. The predicted molar refractivity (Wildman–Crippen MR) is 252 cm³/mol. The largest absolute Gasteiger partial charge is 0.396 e. The molecule has 0 bridgehead atoms. The molecule has 0 saturated carbocycles. The van der Waals surface area contributed by atoms with Gasteiger partial charge in [-0.2, -0.15) is 0 Å². The topological polar surface area (TPSA) is 40.5 Å². The highest BCUT2D eigenvalue weighted by Crippen LogP contribution is 2.54. The molecule has 0 aliphatic heterocycles. The van der Waals surface area contributed by atoms with Gasteiger partial charge in [0.1, 0.15) is 0 Å². The molecule has 0 heterocycles. The summed E-state index contributed by atoms with van der Waals surface area (Å²) in [6.07, 6.45) is 2.32. The summed E-state index contributed by atoms with van der Waals surface area (Å²) in [5, 5.41) is 37.4. The van der Waals surface area contributed by atoms with Crippen LogP contribution >= 0.6 is 0 Å². The molecule has 0 spiro atoms. The lowest BCUT2D eigenvalue weighted by Crippen LogP contribution is -2.30. The van der Waals surface area contributed by atoms with E-state index in [2.05, 4.69) is 168 Å². The monoisotopic (exact) mass is 766 g/mol. The number of fused-ring (bicyclic) bond motifs is 3. The van der Waals surface area contributed by atoms with Gasteiger partial charge in [-0.1, -0.05) is 156 Å². The molecule has 59 heavy (non-hydrogen) atoms. The van der Waals surface area contributed by atoms with Crippen LogP contribution < -0.4 is 0 Å². The van der Waals surface area contributed by atoms with E-state index in [4.69, 9.17) is 0 Å². The molecule has 11 rings (SSSR count). The lowest BCUT2D eigenvalue weighted by atomic mass is 9.74. The van der Waals surface area contributed by atoms with Gasteiger partial charge in [0.15, 0.2) is 0 Å². The van der Waals surface area contributed by atoms with E-state index in [1.54, 1.807) is 0 Å². The third kappa shape index (κ3) is 5.39. The van der Waals surface area contributed by atoms with E-state index in [0.29, 0.717) is 18.8 Å². The number of hydrogen-bond donors (Lipinski definition) is 2. The SMILES string of the molecule is CC(C)Cc1cc2ccc3ccc(-c4ccc5c(c4)C(CO)(CCCO)c4cc(-c6ccc7ccc8cc(C(C)(C)C)cc9ccc6c7c89)ccc4-5)c4ccc(c1)c2c34. The highest BCUT2D eigenvalue weighted by Gasteiger charge is 2.43. The van der Waals surface area contributed by atoms with Crippen LogP contribution in [0.5, 0.6) is 0 Å². The van der Waals surface area contributed by atoms with Crippen molar-refractivity contribution in [1.29, 1.82) is 0 Å². The summed E-state index contributed by atoms with van der Waals surface area (Å²) < 4.78 is 0. The zero-order chi connectivity index (χ0) is 40.4. The van der Waals surface area contributed by atoms with Gasteiger partial charge in [0, 0.05) is 12.0 Å². The van der Waals surface area contributed by atoms with Gasteiger partial charge in [-0.3, -0.25) is 0 Å². The predicted octanol–water partition coefficient (Wildman–Crippen LogP) is 14.3. The van der Waals surface area contributed by atoms with Crippen molar-refractivity contribution in [3.63, 3.8) is 0 Å². The van der Waals surface area contributed by atoms with E-state index in [9.17, 15) is 10.2 Å². The third-order valence-electron chi connectivity index (χ3n) is 13.8. The highest BCUT2D eigenvalue weighted by atomic mass is 16.3. The average Bonchev–Trinajstić information content (AvgIpc) is 3.51. The molecular formula is C57H50O2. The van der Waals surface area contributed by atoms with Gasteiger partial charge in [0.25, 0.3) is 0 Å². The Balaban J connectivity index is 1.06. The minimum absolute atomic E-state index is 0.0360. The van der Waals surface area contributed by atoms with Crippen molar-refractivity contribution in [2.24, 2.45) is 5.92 Å². The second kappa shape index (κ2) is 13.1. The van der Waals surface area contributed by atoms with Crippen LogP contribution in [0.4, 0.5) is 0 Å². The molecule has 290 valence electrons. The summed E-state index contributed by atoms with van der Waals surface area (Å²) >= 11 is 0. The minimum atomic E-state index is -0.650. The number of hydrogen-bond acceptors (Lipinski definition) is 2. The first-order valence-electron chi connectivity index (χ1n) is 21.5. The van der Waals surface area contributed by atoms with Crippen LogP contribution in [0.25, 0.3) is 98.0 Å². The highest BCUT2D eigenvalue weighted by molar-refractivity contribution is 6.27. The molecular weight excluding hydrogens is 717 g/mol. The van der Waals surface area contributed by atoms with Gasteiger partial charge in [-0.05, 0) is 163 Å². The quantitative estimate of drug-likeness (QED) is 0.151. The van der Waals surface area contributed by atoms with Gasteiger partial charge in [-0.25, -0.2) is 0 Å². The van der Waals surface area contributed by atoms with Crippen LogP contribution in [-0.4, -0.2) is 23.4 Å². The number of benzene rings is 10. The summed E-state index contributed by atoms with van der Waals surface area (Å²) in [5.41, 5.74) is 11.5. The summed E-state index contributed by atoms with van der Waals surface area (Å²) in [4.78, 5) is 0. The fourth-order valence-electron chi connectivity index (χ4n) is 11.0. The van der Waals surface area contributed by atoms with E-state index in [1.165, 1.54) is 98.0 Å². The van der Waals surface area contributed by atoms with Crippen LogP contribution in [-0.2, 0) is 17.3 Å². The molecule has 2 N–H and O–H groups in total. The Morgan fingerprint density at radius 2 is 0.932 bits per heavy atom. The van der Waals surface area contributed by atoms with E-state index in [1.807, 2.05) is 0 Å². The first-order chi connectivity index (χ1) is 28.6. The second-order valence-corrected chi connectivity index (χ2v) is 18.9. The molecule has 1 aliphatic carbocycles. The van der Waals surface area contributed by atoms with Crippen molar-refractivity contribution >= 4 is 64.6 Å². The Morgan fingerprint density at radius 1 is 0.492 bits per heavy atom. The molecule has 10 aromatic carbocycles. The lowest BCUT2D eigenvalue weighted by Gasteiger charge is -2.31. The van der Waals surface area contributed by atoms with Gasteiger partial charge >= 0.3 is 0 Å². The normalized spacial score (nSPS) is 15.6. The third-order valence-corrected chi connectivity index (χ3v) is 13.8. The molecule has 10 aromatic rings. The average molecular weight is 767 g/mol. The molecule has 1 atom stereocenters. The Bertz CT molecular complexity index is 3250. The van der Waals surface area contributed by atoms with Crippen molar-refractivity contribution < 1.29 is 10.2 Å². The number of aliphatic hydroxyl groups is 2. The standard InChI is InChI=1S/C57H50O2/c1-33(2)25-34-26-39-9-7-35-11-17-44(48-21-15-40(27-34)52(39)54(35)48)37-13-19-46-47-20-14-38(31-51(47)57(32-59,23-6-24-58)50(46)30-37)45-18-12-36-8-10-41-28-43(56(3,4)5)29-42-16-22-49(45)55(36)53(41)42/h7-22,26-31,33,58-59H,6,23-25,32H2,1-5H3. The molecule has 0 aromatic heterocycles. The fraction of sp³-hybridized carbons (Fsp3) is 0.228. The summed E-state index contributed by atoms with van der Waals surface area (Å²) in [7, 11) is 0. The van der Waals surface area contributed by atoms with Gasteiger partial charge < -0.3 is 10.2 Å². The summed E-state index contributed by atoms with van der Waals surface area (Å²) in [5.74, 6) is 0.603. The Morgan fingerprint density at radius 3 is 1.39 bits per heavy atom. The van der Waals surface area contributed by atoms with E-state index in [-0.39, 0.29) is 18.6 Å². The molecule has 1 aliphatic rings. The second-order valence-electron chi connectivity index (χ2n) is 18.9. The zero-order valence-corrected chi connectivity index (χ0v) is 34.7. The number of aliphatic hydroxyl groups excluding tert-OH is 2.